The number of benzene rings is 5. The lowest BCUT2D eigenvalue weighted by molar-refractivity contribution is -0.187. The third-order valence-electron chi connectivity index (χ3n) is 7.08. The molecule has 0 N–H and O–H groups in total. The highest BCUT2D eigenvalue weighted by Gasteiger charge is 2.37. The Kier molecular flexibility index (Phi) is 9.21. The van der Waals surface area contributed by atoms with Gasteiger partial charge in [0, 0.05) is 5.56 Å². The Balaban J connectivity index is 1.40. The van der Waals surface area contributed by atoms with Gasteiger partial charge < -0.3 is 4.74 Å². The van der Waals surface area contributed by atoms with Gasteiger partial charge in [-0.05, 0) is 89.2 Å². The van der Waals surface area contributed by atoms with Crippen LogP contribution >= 0.6 is 11.6 Å². The minimum absolute atomic E-state index is 0.295. The van der Waals surface area contributed by atoms with Crippen molar-refractivity contribution >= 4 is 11.6 Å². The molecule has 5 aromatic rings. The summed E-state index contributed by atoms with van der Waals surface area (Å²) in [4.78, 5) is 0. The zero-order valence-electron chi connectivity index (χ0n) is 23.4. The normalized spacial score (nSPS) is 11.5. The number of aryl methyl sites for hydroxylation is 1. The van der Waals surface area contributed by atoms with E-state index < -0.39 is 85.4 Å². The molecule has 0 aliphatic heterocycles. The van der Waals surface area contributed by atoms with Gasteiger partial charge in [0.1, 0.15) is 17.5 Å². The van der Waals surface area contributed by atoms with Crippen LogP contribution in [-0.4, -0.2) is 0 Å². The Hall–Kier alpha value is -4.70. The monoisotopic (exact) mass is 662 g/mol. The highest BCUT2D eigenvalue weighted by atomic mass is 35.5. The van der Waals surface area contributed by atoms with Crippen LogP contribution in [0.3, 0.4) is 0 Å². The zero-order valence-corrected chi connectivity index (χ0v) is 24.1. The summed E-state index contributed by atoms with van der Waals surface area (Å²) in [6, 6.07) is 13.1. The van der Waals surface area contributed by atoms with Gasteiger partial charge in [0.2, 0.25) is 0 Å². The van der Waals surface area contributed by atoms with E-state index >= 15 is 13.2 Å². The summed E-state index contributed by atoms with van der Waals surface area (Å²) in [5.41, 5.74) is -1.76. The summed E-state index contributed by atoms with van der Waals surface area (Å²) in [5, 5.41) is -0.477. The van der Waals surface area contributed by atoms with Crippen LogP contribution in [0.1, 0.15) is 17.5 Å². The lowest BCUT2D eigenvalue weighted by Crippen LogP contribution is -2.23. The Bertz CT molecular complexity index is 1890. The van der Waals surface area contributed by atoms with Crippen molar-refractivity contribution in [1.82, 2.24) is 0 Å². The molecule has 0 aliphatic carbocycles. The van der Waals surface area contributed by atoms with Crippen molar-refractivity contribution in [2.45, 2.75) is 19.0 Å². The average Bonchev–Trinajstić information content (AvgIpc) is 3.00. The van der Waals surface area contributed by atoms with Crippen molar-refractivity contribution in [3.05, 3.63) is 148 Å². The molecule has 0 heterocycles. The highest BCUT2D eigenvalue weighted by molar-refractivity contribution is 6.32. The van der Waals surface area contributed by atoms with Gasteiger partial charge in [-0.25, -0.2) is 30.7 Å². The van der Waals surface area contributed by atoms with E-state index in [1.165, 1.54) is 6.07 Å². The Morgan fingerprint density at radius 2 is 1.22 bits per heavy atom. The summed E-state index contributed by atoms with van der Waals surface area (Å²) < 4.78 is 135. The number of ether oxygens (including phenoxy) is 1. The summed E-state index contributed by atoms with van der Waals surface area (Å²) in [6.45, 7) is 3.67. The van der Waals surface area contributed by atoms with Crippen molar-refractivity contribution in [1.29, 1.82) is 0 Å². The Morgan fingerprint density at radius 1 is 0.630 bits per heavy atom. The molecule has 0 radical (unpaired) electrons. The fourth-order valence-corrected chi connectivity index (χ4v) is 5.02. The van der Waals surface area contributed by atoms with Crippen molar-refractivity contribution in [2.75, 3.05) is 0 Å². The van der Waals surface area contributed by atoms with Crippen LogP contribution in [0.4, 0.5) is 39.5 Å². The molecule has 46 heavy (non-hydrogen) atoms. The molecule has 0 bridgehead atoms. The molecular weight excluding hydrogens is 643 g/mol. The number of halogens is 10. The first kappa shape index (κ1) is 32.7. The zero-order chi connectivity index (χ0) is 33.3. The van der Waals surface area contributed by atoms with Gasteiger partial charge in [0.15, 0.2) is 29.0 Å². The standard InChI is InChI=1S/C35H20ClF9O/c1-2-3-4-18-5-7-19(8-6-18)20-11-25(36)34(31(42)12-20)46-35(44,45)23-9-10-24(26(37)17-23)21-13-27(38)32(28(39)14-21)22-15-29(40)33(43)30(41)16-22/h2,5-17H,1,3-4H2. The first-order valence-electron chi connectivity index (χ1n) is 13.5. The number of alkyl halides is 2. The lowest BCUT2D eigenvalue weighted by Gasteiger charge is -2.20. The predicted octanol–water partition coefficient (Wildman–Crippen LogP) is 11.6. The van der Waals surface area contributed by atoms with Gasteiger partial charge in [-0.3, -0.25) is 0 Å². The van der Waals surface area contributed by atoms with Crippen LogP contribution in [0.2, 0.25) is 5.02 Å². The van der Waals surface area contributed by atoms with Crippen LogP contribution in [0.15, 0.2) is 91.5 Å². The van der Waals surface area contributed by atoms with Gasteiger partial charge in [0.25, 0.3) is 0 Å². The van der Waals surface area contributed by atoms with E-state index in [0.717, 1.165) is 30.5 Å². The van der Waals surface area contributed by atoms with E-state index in [9.17, 15) is 26.3 Å². The molecule has 0 saturated carbocycles. The molecular formula is C35H20ClF9O. The molecule has 0 spiro atoms. The van der Waals surface area contributed by atoms with Gasteiger partial charge >= 0.3 is 6.11 Å². The van der Waals surface area contributed by atoms with Crippen molar-refractivity contribution in [3.8, 4) is 39.1 Å². The summed E-state index contributed by atoms with van der Waals surface area (Å²) in [7, 11) is 0. The number of allylic oxidation sites excluding steroid dienone is 1. The average molecular weight is 663 g/mol. The van der Waals surface area contributed by atoms with E-state index in [1.54, 1.807) is 18.2 Å². The largest absolute Gasteiger partial charge is 0.426 e. The van der Waals surface area contributed by atoms with Gasteiger partial charge in [-0.2, -0.15) is 8.78 Å². The first-order valence-corrected chi connectivity index (χ1v) is 13.9. The molecule has 1 nitrogen and oxygen atoms in total. The van der Waals surface area contributed by atoms with E-state index in [-0.39, 0.29) is 0 Å². The second-order valence-electron chi connectivity index (χ2n) is 10.2. The van der Waals surface area contributed by atoms with Crippen molar-refractivity contribution in [2.24, 2.45) is 0 Å². The van der Waals surface area contributed by atoms with Crippen molar-refractivity contribution < 1.29 is 44.3 Å². The summed E-state index contributed by atoms with van der Waals surface area (Å²) >= 11 is 6.11. The van der Waals surface area contributed by atoms with Crippen LogP contribution in [-0.2, 0) is 12.5 Å². The molecule has 0 aromatic heterocycles. The maximum atomic E-state index is 15.1. The van der Waals surface area contributed by atoms with E-state index in [0.29, 0.717) is 47.5 Å². The van der Waals surface area contributed by atoms with E-state index in [4.69, 9.17) is 11.6 Å². The Labute approximate surface area is 262 Å². The molecule has 5 rings (SSSR count). The van der Waals surface area contributed by atoms with Crippen LogP contribution in [0, 0.1) is 40.7 Å². The van der Waals surface area contributed by atoms with E-state index in [2.05, 4.69) is 11.3 Å². The van der Waals surface area contributed by atoms with Crippen LogP contribution < -0.4 is 4.74 Å². The minimum atomic E-state index is -4.31. The third kappa shape index (κ3) is 6.62. The number of hydrogen-bond donors (Lipinski definition) is 0. The van der Waals surface area contributed by atoms with Crippen LogP contribution in [0.25, 0.3) is 33.4 Å². The molecule has 5 aromatic carbocycles. The first-order chi connectivity index (χ1) is 21.8. The van der Waals surface area contributed by atoms with Gasteiger partial charge in [0.05, 0.1) is 16.1 Å². The van der Waals surface area contributed by atoms with Crippen LogP contribution in [0.5, 0.6) is 5.75 Å². The molecule has 236 valence electrons. The minimum Gasteiger partial charge on any atom is -0.424 e. The van der Waals surface area contributed by atoms with Gasteiger partial charge in [-0.15, -0.1) is 6.58 Å². The topological polar surface area (TPSA) is 9.23 Å². The predicted molar refractivity (Wildman–Crippen MR) is 157 cm³/mol. The highest BCUT2D eigenvalue weighted by Crippen LogP contribution is 2.41. The maximum absolute atomic E-state index is 15.1. The fraction of sp³-hybridized carbons (Fsp3) is 0.0857. The van der Waals surface area contributed by atoms with Gasteiger partial charge in [-0.1, -0.05) is 48.0 Å². The van der Waals surface area contributed by atoms with Crippen molar-refractivity contribution in [3.63, 3.8) is 0 Å². The second kappa shape index (κ2) is 13.0. The molecule has 0 amide bonds. The number of rotatable bonds is 9. The molecule has 0 atom stereocenters. The van der Waals surface area contributed by atoms with E-state index in [1.807, 2.05) is 12.1 Å². The summed E-state index contributed by atoms with van der Waals surface area (Å²) in [6.07, 6.45) is -1.02. The molecule has 11 heteroatoms. The maximum Gasteiger partial charge on any atom is 0.426 e. The molecule has 0 aliphatic rings. The number of hydrogen-bond acceptors (Lipinski definition) is 1. The third-order valence-corrected chi connectivity index (χ3v) is 7.36. The smallest absolute Gasteiger partial charge is 0.424 e. The fourth-order valence-electron chi connectivity index (χ4n) is 4.78. The lowest BCUT2D eigenvalue weighted by atomic mass is 9.97. The Morgan fingerprint density at radius 3 is 1.78 bits per heavy atom. The molecule has 0 fully saturated rings. The quantitative estimate of drug-likeness (QED) is 0.0867. The summed E-state index contributed by atoms with van der Waals surface area (Å²) in [5.74, 6) is -11.6. The SMILES string of the molecule is C=CCCc1ccc(-c2cc(F)c(OC(F)(F)c3ccc(-c4cc(F)c(-c5cc(F)c(F)c(F)c5)c(F)c4)c(F)c3)c(Cl)c2)cc1. The molecule has 0 saturated heterocycles. The second-order valence-corrected chi connectivity index (χ2v) is 10.6. The molecule has 0 unspecified atom stereocenters.